The molecule has 1 aromatic carbocycles. The molecule has 5 nitrogen and oxygen atoms in total. The normalized spacial score (nSPS) is 20.3. The maximum Gasteiger partial charge on any atom is 0.416 e. The number of halogens is 3. The second-order valence-electron chi connectivity index (χ2n) is 5.10. The Kier molecular flexibility index (Phi) is 6.06. The molecule has 0 aromatic heterocycles. The molecule has 0 bridgehead atoms. The topological polar surface area (TPSA) is 47.6 Å². The number of thiol groups is 1. The van der Waals surface area contributed by atoms with Crippen LogP contribution < -0.4 is 10.9 Å². The summed E-state index contributed by atoms with van der Waals surface area (Å²) in [5.74, 6) is 0.420. The number of hydrogen-bond donors (Lipinski definition) is 3. The van der Waals surface area contributed by atoms with E-state index in [1.54, 1.807) is 11.8 Å². The molecule has 10 heteroatoms. The number of thioether (sulfide) groups is 1. The van der Waals surface area contributed by atoms with E-state index in [1.807, 2.05) is 16.8 Å². The van der Waals surface area contributed by atoms with Gasteiger partial charge in [-0.3, -0.25) is 25.4 Å². The molecular weight excluding hydrogens is 349 g/mol. The maximum absolute atomic E-state index is 12.4. The lowest BCUT2D eigenvalue weighted by molar-refractivity contribution is -0.137. The van der Waals surface area contributed by atoms with Crippen LogP contribution in [0.2, 0.25) is 0 Å². The van der Waals surface area contributed by atoms with Gasteiger partial charge in [-0.1, -0.05) is 0 Å². The molecule has 2 N–H and O–H groups in total. The van der Waals surface area contributed by atoms with E-state index in [4.69, 9.17) is 0 Å². The van der Waals surface area contributed by atoms with Gasteiger partial charge >= 0.3 is 6.18 Å². The molecule has 0 radical (unpaired) electrons. The number of anilines is 1. The van der Waals surface area contributed by atoms with Crippen molar-refractivity contribution in [3.63, 3.8) is 0 Å². The molecule has 0 aliphatic carbocycles. The maximum atomic E-state index is 12.4. The van der Waals surface area contributed by atoms with Crippen molar-refractivity contribution in [1.82, 2.24) is 15.2 Å². The van der Waals surface area contributed by atoms with E-state index < -0.39 is 11.7 Å². The number of nitrogens with one attached hydrogen (secondary N) is 2. The number of rotatable bonds is 4. The summed E-state index contributed by atoms with van der Waals surface area (Å²) in [5, 5.41) is 0. The minimum atomic E-state index is -4.37. The molecule has 128 valence electrons. The van der Waals surface area contributed by atoms with Gasteiger partial charge in [-0.2, -0.15) is 13.2 Å². The van der Waals surface area contributed by atoms with Crippen LogP contribution in [0.3, 0.4) is 0 Å². The van der Waals surface area contributed by atoms with E-state index in [0.29, 0.717) is 18.2 Å². The van der Waals surface area contributed by atoms with Crippen molar-refractivity contribution in [2.45, 2.75) is 10.9 Å². The summed E-state index contributed by atoms with van der Waals surface area (Å²) in [7, 11) is 1.91. The van der Waals surface area contributed by atoms with Gasteiger partial charge in [0.2, 0.25) is 0 Å². The van der Waals surface area contributed by atoms with Gasteiger partial charge in [-0.25, -0.2) is 0 Å². The highest BCUT2D eigenvalue weighted by Crippen LogP contribution is 2.29. The lowest BCUT2D eigenvalue weighted by Gasteiger charge is -2.36. The number of carbonyl (C=O) groups is 1. The summed E-state index contributed by atoms with van der Waals surface area (Å²) in [6.07, 6.45) is -4.37. The fourth-order valence-electron chi connectivity index (χ4n) is 1.95. The fraction of sp³-hybridized carbons (Fsp3) is 0.462. The third-order valence-corrected chi connectivity index (χ3v) is 5.15. The van der Waals surface area contributed by atoms with E-state index in [2.05, 4.69) is 23.5 Å². The molecule has 1 aliphatic heterocycles. The minimum Gasteiger partial charge on any atom is -0.299 e. The van der Waals surface area contributed by atoms with Gasteiger partial charge in [-0.05, 0) is 31.3 Å². The number of carbonyl (C=O) groups excluding carboxylic acids is 1. The smallest absolute Gasteiger partial charge is 0.299 e. The number of benzene rings is 1. The molecule has 1 atom stereocenters. The van der Waals surface area contributed by atoms with E-state index in [-0.39, 0.29) is 17.2 Å². The van der Waals surface area contributed by atoms with Gasteiger partial charge in [-0.15, -0.1) is 24.4 Å². The lowest BCUT2D eigenvalue weighted by atomic mass is 10.2. The van der Waals surface area contributed by atoms with Gasteiger partial charge in [0.15, 0.2) is 0 Å². The molecule has 2 rings (SSSR count). The van der Waals surface area contributed by atoms with Gasteiger partial charge < -0.3 is 0 Å². The summed E-state index contributed by atoms with van der Waals surface area (Å²) >= 11 is 5.98. The Hall–Kier alpha value is -1.10. The summed E-state index contributed by atoms with van der Waals surface area (Å²) in [6, 6.07) is 4.44. The number of nitrogens with zero attached hydrogens (tertiary/aromatic N) is 2. The van der Waals surface area contributed by atoms with Crippen LogP contribution in [0, 0.1) is 0 Å². The molecule has 1 heterocycles. The monoisotopic (exact) mass is 366 g/mol. The van der Waals surface area contributed by atoms with Crippen molar-refractivity contribution in [1.29, 1.82) is 0 Å². The van der Waals surface area contributed by atoms with Crippen LogP contribution >= 0.6 is 24.4 Å². The highest BCUT2D eigenvalue weighted by molar-refractivity contribution is 8.10. The minimum absolute atomic E-state index is 0.111. The molecule has 1 unspecified atom stereocenters. The number of hydrogen-bond acceptors (Lipinski definition) is 6. The average Bonchev–Trinajstić information content (AvgIpc) is 2.48. The zero-order valence-corrected chi connectivity index (χ0v) is 14.0. The van der Waals surface area contributed by atoms with Crippen LogP contribution in [0.15, 0.2) is 24.3 Å². The zero-order chi connectivity index (χ0) is 17.0. The third-order valence-electron chi connectivity index (χ3n) is 3.13. The predicted octanol–water partition coefficient (Wildman–Crippen LogP) is 2.26. The van der Waals surface area contributed by atoms with E-state index in [0.717, 1.165) is 12.1 Å². The first-order valence-electron chi connectivity index (χ1n) is 6.70. The second-order valence-corrected chi connectivity index (χ2v) is 6.97. The molecule has 1 aliphatic rings. The van der Waals surface area contributed by atoms with Crippen LogP contribution in [0.1, 0.15) is 5.56 Å². The molecule has 1 amide bonds. The Bertz CT molecular complexity index is 541. The Balaban J connectivity index is 1.78. The number of alkyl halides is 3. The van der Waals surface area contributed by atoms with E-state index in [1.165, 1.54) is 12.1 Å². The Morgan fingerprint density at radius 1 is 1.39 bits per heavy atom. The number of hydrazine groups is 1. The molecule has 0 spiro atoms. The molecule has 23 heavy (non-hydrogen) atoms. The summed E-state index contributed by atoms with van der Waals surface area (Å²) < 4.78 is 37.4. The van der Waals surface area contributed by atoms with Crippen LogP contribution in [0.5, 0.6) is 0 Å². The van der Waals surface area contributed by atoms with Crippen LogP contribution in [0.25, 0.3) is 0 Å². The first-order valence-corrected chi connectivity index (χ1v) is 8.26. The van der Waals surface area contributed by atoms with E-state index >= 15 is 0 Å². The Morgan fingerprint density at radius 3 is 2.61 bits per heavy atom. The first kappa shape index (κ1) is 18.2. The molecule has 1 saturated heterocycles. The van der Waals surface area contributed by atoms with Crippen molar-refractivity contribution in [3.8, 4) is 0 Å². The van der Waals surface area contributed by atoms with Gasteiger partial charge in [0.25, 0.3) is 5.91 Å². The molecule has 1 aromatic rings. The Morgan fingerprint density at radius 2 is 2.04 bits per heavy atom. The van der Waals surface area contributed by atoms with Gasteiger partial charge in [0.05, 0.1) is 24.5 Å². The predicted molar refractivity (Wildman–Crippen MR) is 87.8 cm³/mol. The van der Waals surface area contributed by atoms with Crippen molar-refractivity contribution in [2.24, 2.45) is 0 Å². The van der Waals surface area contributed by atoms with Crippen LogP contribution in [-0.2, 0) is 11.0 Å². The van der Waals surface area contributed by atoms with Crippen molar-refractivity contribution >= 4 is 36.0 Å². The van der Waals surface area contributed by atoms with Gasteiger partial charge in [0, 0.05) is 5.88 Å². The second kappa shape index (κ2) is 7.65. The van der Waals surface area contributed by atoms with Crippen LogP contribution in [0.4, 0.5) is 18.9 Å². The summed E-state index contributed by atoms with van der Waals surface area (Å²) in [5.41, 5.74) is 4.72. The highest BCUT2D eigenvalue weighted by atomic mass is 32.2. The average molecular weight is 366 g/mol. The SMILES string of the molecule is CN1CN(CC(=O)NNc2ccc(C(F)(F)F)cc2)CSC1S. The highest BCUT2D eigenvalue weighted by Gasteiger charge is 2.30. The largest absolute Gasteiger partial charge is 0.416 e. The zero-order valence-electron chi connectivity index (χ0n) is 12.3. The Labute approximate surface area is 142 Å². The van der Waals surface area contributed by atoms with Crippen molar-refractivity contribution in [2.75, 3.05) is 31.6 Å². The third kappa shape index (κ3) is 5.48. The molecule has 1 fully saturated rings. The molecular formula is C13H17F3N4OS2. The first-order chi connectivity index (χ1) is 10.8. The number of amides is 1. The van der Waals surface area contributed by atoms with Crippen LogP contribution in [-0.4, -0.2) is 46.6 Å². The molecule has 0 saturated carbocycles. The summed E-state index contributed by atoms with van der Waals surface area (Å²) in [6.45, 7) is 0.806. The fourth-order valence-corrected chi connectivity index (χ4v) is 3.06. The van der Waals surface area contributed by atoms with E-state index in [9.17, 15) is 18.0 Å². The van der Waals surface area contributed by atoms with Gasteiger partial charge in [0.1, 0.15) is 4.71 Å². The standard InChI is InChI=1S/C13H17F3N4OS2/c1-19-7-20(8-23-12(19)22)6-11(21)18-17-10-4-2-9(3-5-10)13(14,15)16/h2-5,12,17,22H,6-8H2,1H3,(H,18,21). The van der Waals surface area contributed by atoms with Crippen molar-refractivity contribution < 1.29 is 18.0 Å². The summed E-state index contributed by atoms with van der Waals surface area (Å²) in [4.78, 5) is 15.8. The van der Waals surface area contributed by atoms with Crippen molar-refractivity contribution in [3.05, 3.63) is 29.8 Å². The quantitative estimate of drug-likeness (QED) is 0.564. The lowest BCUT2D eigenvalue weighted by Crippen LogP contribution is -2.48.